The summed E-state index contributed by atoms with van der Waals surface area (Å²) < 4.78 is 0. The molecule has 0 bridgehead atoms. The molecular weight excluding hydrogens is 236 g/mol. The number of thiazole rings is 1. The van der Waals surface area contributed by atoms with Crippen molar-refractivity contribution < 1.29 is 0 Å². The van der Waals surface area contributed by atoms with Gasteiger partial charge in [0.2, 0.25) is 0 Å². The van der Waals surface area contributed by atoms with E-state index >= 15 is 0 Å². The molecule has 1 unspecified atom stereocenters. The molecule has 0 saturated carbocycles. The Hall–Kier alpha value is -0.710. The van der Waals surface area contributed by atoms with Crippen LogP contribution >= 0.6 is 22.7 Å². The summed E-state index contributed by atoms with van der Waals surface area (Å²) in [5.41, 5.74) is 0. The molecule has 0 radical (unpaired) electrons. The van der Waals surface area contributed by atoms with E-state index in [4.69, 9.17) is 0 Å². The number of nitrogens with zero attached hydrogens (tertiary/aromatic N) is 1. The van der Waals surface area contributed by atoms with Gasteiger partial charge in [0.1, 0.15) is 5.01 Å². The zero-order valence-electron chi connectivity index (χ0n) is 9.73. The maximum absolute atomic E-state index is 4.42. The van der Waals surface area contributed by atoms with Gasteiger partial charge >= 0.3 is 0 Å². The van der Waals surface area contributed by atoms with Crippen molar-refractivity contribution in [1.29, 1.82) is 0 Å². The number of rotatable bonds is 4. The summed E-state index contributed by atoms with van der Waals surface area (Å²) >= 11 is 3.55. The first-order valence-electron chi connectivity index (χ1n) is 5.38. The topological polar surface area (TPSA) is 24.9 Å². The molecule has 86 valence electrons. The summed E-state index contributed by atoms with van der Waals surface area (Å²) in [6.45, 7) is 6.48. The number of hydrogen-bond donors (Lipinski definition) is 1. The largest absolute Gasteiger partial charge is 0.301 e. The second kappa shape index (κ2) is 5.08. The van der Waals surface area contributed by atoms with Crippen LogP contribution < -0.4 is 5.32 Å². The first-order valence-corrected chi connectivity index (χ1v) is 7.08. The third kappa shape index (κ3) is 2.70. The van der Waals surface area contributed by atoms with E-state index in [-0.39, 0.29) is 6.04 Å². The van der Waals surface area contributed by atoms with E-state index in [1.807, 2.05) is 22.9 Å². The molecule has 2 nitrogen and oxygen atoms in total. The average Bonchev–Trinajstić information content (AvgIpc) is 2.84. The summed E-state index contributed by atoms with van der Waals surface area (Å²) in [6.07, 6.45) is 1.87. The van der Waals surface area contributed by atoms with Gasteiger partial charge in [0, 0.05) is 27.4 Å². The zero-order valence-corrected chi connectivity index (χ0v) is 11.4. The molecule has 0 spiro atoms. The van der Waals surface area contributed by atoms with Crippen LogP contribution in [-0.4, -0.2) is 11.0 Å². The standard InChI is InChI=1S/C12H16N2S2/c1-8(2)14-11(12-13-6-7-15-12)10-5-4-9(3)16-10/h4-8,11,14H,1-3H3. The van der Waals surface area contributed by atoms with Crippen LogP contribution in [0, 0.1) is 6.92 Å². The van der Waals surface area contributed by atoms with Gasteiger partial charge in [-0.25, -0.2) is 4.98 Å². The molecule has 2 aromatic heterocycles. The lowest BCUT2D eigenvalue weighted by Crippen LogP contribution is -2.28. The van der Waals surface area contributed by atoms with Crippen LogP contribution in [0.15, 0.2) is 23.7 Å². The Morgan fingerprint density at radius 3 is 2.62 bits per heavy atom. The molecule has 2 aromatic rings. The van der Waals surface area contributed by atoms with E-state index in [0.29, 0.717) is 6.04 Å². The number of hydrogen-bond acceptors (Lipinski definition) is 4. The highest BCUT2D eigenvalue weighted by Crippen LogP contribution is 2.29. The Morgan fingerprint density at radius 1 is 1.31 bits per heavy atom. The van der Waals surface area contributed by atoms with E-state index in [1.54, 1.807) is 11.3 Å². The fourth-order valence-electron chi connectivity index (χ4n) is 1.59. The Bertz CT molecular complexity index is 432. The third-order valence-corrected chi connectivity index (χ3v) is 4.15. The van der Waals surface area contributed by atoms with Gasteiger partial charge in [0.25, 0.3) is 0 Å². The Labute approximate surface area is 104 Å². The van der Waals surface area contributed by atoms with Crippen molar-refractivity contribution in [1.82, 2.24) is 10.3 Å². The van der Waals surface area contributed by atoms with Crippen molar-refractivity contribution in [3.05, 3.63) is 38.5 Å². The molecular formula is C12H16N2S2. The van der Waals surface area contributed by atoms with Crippen molar-refractivity contribution in [2.24, 2.45) is 0 Å². The van der Waals surface area contributed by atoms with Crippen molar-refractivity contribution in [2.45, 2.75) is 32.9 Å². The number of aryl methyl sites for hydroxylation is 1. The summed E-state index contributed by atoms with van der Waals surface area (Å²) in [4.78, 5) is 7.12. The van der Waals surface area contributed by atoms with Gasteiger partial charge < -0.3 is 5.32 Å². The minimum Gasteiger partial charge on any atom is -0.301 e. The molecule has 4 heteroatoms. The number of thiophene rings is 1. The molecule has 0 fully saturated rings. The van der Waals surface area contributed by atoms with E-state index < -0.39 is 0 Å². The summed E-state index contributed by atoms with van der Waals surface area (Å²) in [7, 11) is 0. The number of aromatic nitrogens is 1. The van der Waals surface area contributed by atoms with E-state index in [2.05, 4.69) is 43.2 Å². The minimum absolute atomic E-state index is 0.249. The minimum atomic E-state index is 0.249. The Balaban J connectivity index is 2.28. The van der Waals surface area contributed by atoms with Crippen molar-refractivity contribution >= 4 is 22.7 Å². The molecule has 0 aliphatic heterocycles. The fourth-order valence-corrected chi connectivity index (χ4v) is 3.32. The molecule has 0 aliphatic carbocycles. The van der Waals surface area contributed by atoms with Crippen LogP contribution in [0.5, 0.6) is 0 Å². The second-order valence-corrected chi connectivity index (χ2v) is 6.32. The first kappa shape index (κ1) is 11.8. The summed E-state index contributed by atoms with van der Waals surface area (Å²) in [5.74, 6) is 0. The van der Waals surface area contributed by atoms with Crippen LogP contribution in [-0.2, 0) is 0 Å². The van der Waals surface area contributed by atoms with Gasteiger partial charge in [-0.2, -0.15) is 0 Å². The summed E-state index contributed by atoms with van der Waals surface area (Å²) in [6, 6.07) is 5.07. The lowest BCUT2D eigenvalue weighted by molar-refractivity contribution is 0.532. The predicted octanol–water partition coefficient (Wildman–Crippen LogP) is 3.60. The van der Waals surface area contributed by atoms with Crippen molar-refractivity contribution in [3.63, 3.8) is 0 Å². The molecule has 0 aromatic carbocycles. The molecule has 2 heterocycles. The van der Waals surface area contributed by atoms with E-state index in [9.17, 15) is 0 Å². The molecule has 1 atom stereocenters. The first-order chi connectivity index (χ1) is 7.66. The van der Waals surface area contributed by atoms with Gasteiger partial charge in [-0.15, -0.1) is 22.7 Å². The second-order valence-electron chi connectivity index (χ2n) is 4.07. The monoisotopic (exact) mass is 252 g/mol. The van der Waals surface area contributed by atoms with Crippen LogP contribution in [0.25, 0.3) is 0 Å². The molecule has 0 aliphatic rings. The quantitative estimate of drug-likeness (QED) is 0.899. The van der Waals surface area contributed by atoms with Crippen LogP contribution in [0.1, 0.15) is 34.7 Å². The fraction of sp³-hybridized carbons (Fsp3) is 0.417. The zero-order chi connectivity index (χ0) is 11.5. The van der Waals surface area contributed by atoms with E-state index in [0.717, 1.165) is 5.01 Å². The predicted molar refractivity (Wildman–Crippen MR) is 71.3 cm³/mol. The highest BCUT2D eigenvalue weighted by molar-refractivity contribution is 7.12. The highest BCUT2D eigenvalue weighted by Gasteiger charge is 2.18. The van der Waals surface area contributed by atoms with Gasteiger partial charge in [-0.05, 0) is 32.9 Å². The molecule has 1 N–H and O–H groups in total. The molecule has 16 heavy (non-hydrogen) atoms. The lowest BCUT2D eigenvalue weighted by atomic mass is 10.2. The third-order valence-electron chi connectivity index (χ3n) is 2.24. The molecule has 2 rings (SSSR count). The maximum atomic E-state index is 4.42. The SMILES string of the molecule is Cc1ccc(C(NC(C)C)c2nccs2)s1. The van der Waals surface area contributed by atoms with Gasteiger partial charge in [0.15, 0.2) is 0 Å². The normalized spacial score (nSPS) is 13.2. The van der Waals surface area contributed by atoms with Crippen molar-refractivity contribution in [3.8, 4) is 0 Å². The van der Waals surface area contributed by atoms with Gasteiger partial charge in [0.05, 0.1) is 6.04 Å². The smallest absolute Gasteiger partial charge is 0.115 e. The van der Waals surface area contributed by atoms with Crippen molar-refractivity contribution in [2.75, 3.05) is 0 Å². The van der Waals surface area contributed by atoms with Crippen LogP contribution in [0.2, 0.25) is 0 Å². The number of nitrogens with one attached hydrogen (secondary N) is 1. The maximum Gasteiger partial charge on any atom is 0.115 e. The van der Waals surface area contributed by atoms with E-state index in [1.165, 1.54) is 9.75 Å². The summed E-state index contributed by atoms with van der Waals surface area (Å²) in [5, 5.41) is 6.75. The average molecular weight is 252 g/mol. The lowest BCUT2D eigenvalue weighted by Gasteiger charge is -2.17. The molecule has 0 saturated heterocycles. The van der Waals surface area contributed by atoms with Gasteiger partial charge in [-0.3, -0.25) is 0 Å². The van der Waals surface area contributed by atoms with Crippen LogP contribution in [0.4, 0.5) is 0 Å². The van der Waals surface area contributed by atoms with Gasteiger partial charge in [-0.1, -0.05) is 0 Å². The Morgan fingerprint density at radius 2 is 2.12 bits per heavy atom. The molecule has 0 amide bonds. The highest BCUT2D eigenvalue weighted by atomic mass is 32.1. The Kier molecular flexibility index (Phi) is 3.74. The van der Waals surface area contributed by atoms with Crippen LogP contribution in [0.3, 0.4) is 0 Å².